The van der Waals surface area contributed by atoms with Crippen molar-refractivity contribution in [1.29, 1.82) is 0 Å². The predicted octanol–water partition coefficient (Wildman–Crippen LogP) is 28.1. The molecule has 0 aliphatic carbocycles. The minimum Gasteiger partial charge on any atom is -0.481 e. The number of nitrogens with zero attached hydrogens (tertiary/aromatic N) is 2. The monoisotopic (exact) mass is 2270 g/mol. The Morgan fingerprint density at radius 3 is 1.25 bits per heavy atom. The van der Waals surface area contributed by atoms with Crippen molar-refractivity contribution < 1.29 is 117 Å². The summed E-state index contributed by atoms with van der Waals surface area (Å²) in [6.07, 6.45) is 49.4. The fourth-order valence-corrected chi connectivity index (χ4v) is 14.2. The lowest BCUT2D eigenvalue weighted by Gasteiger charge is -2.19. The molecule has 0 aromatic carbocycles. The third-order valence-electron chi connectivity index (χ3n) is 19.0. The number of sulfonamides is 2. The van der Waals surface area contributed by atoms with Crippen LogP contribution in [0.4, 0.5) is 4.79 Å². The normalized spacial score (nSPS) is 10.8. The van der Waals surface area contributed by atoms with Gasteiger partial charge in [0.1, 0.15) is 15.6 Å². The number of hydrogen-bond donors (Lipinski definition) is 5. The van der Waals surface area contributed by atoms with Gasteiger partial charge < -0.3 is 58.7 Å². The number of aliphatic hydroxyl groups excluding tert-OH is 1. The maximum Gasteiger partial charge on any atom is 0.508 e. The number of ether oxygens (including phenoxy) is 7. The number of Topliss-reactive ketones (excluding diaryl/α,β-unsaturated/α-hetero) is 1. The number of allylic oxidation sites excluding steroid dienone is 1. The van der Waals surface area contributed by atoms with Crippen LogP contribution in [0.3, 0.4) is 0 Å². The number of rotatable bonds is 76. The highest BCUT2D eigenvalue weighted by atomic mass is 79.9. The molecule has 3 unspecified atom stereocenters. The lowest BCUT2D eigenvalue weighted by Crippen LogP contribution is -2.29. The highest BCUT2D eigenvalue weighted by Crippen LogP contribution is 2.13. The summed E-state index contributed by atoms with van der Waals surface area (Å²) in [5.41, 5.74) is 0. The maximum absolute atomic E-state index is 11.2. The number of carboxylic acids is 2. The number of esters is 5. The predicted molar refractivity (Wildman–Crippen MR) is 615 cm³/mol. The van der Waals surface area contributed by atoms with Crippen molar-refractivity contribution in [3.63, 3.8) is 0 Å². The number of carboxylic acid groups (broad SMARTS) is 2. The summed E-state index contributed by atoms with van der Waals surface area (Å²) >= 11 is 20.2. The molecule has 876 valence electrons. The molecule has 0 spiro atoms. The van der Waals surface area contributed by atoms with Gasteiger partial charge >= 0.3 is 47.9 Å². The topological polar surface area (TPSA) is 412 Å². The summed E-state index contributed by atoms with van der Waals surface area (Å²) in [4.78, 5) is 97.8. The van der Waals surface area contributed by atoms with Crippen molar-refractivity contribution >= 4 is 134 Å². The van der Waals surface area contributed by atoms with Crippen molar-refractivity contribution in [3.8, 4) is 0 Å². The lowest BCUT2D eigenvalue weighted by atomic mass is 10.1. The van der Waals surface area contributed by atoms with Gasteiger partial charge in [0.05, 0.1) is 81.9 Å². The van der Waals surface area contributed by atoms with Crippen molar-refractivity contribution in [2.24, 2.45) is 0 Å². The van der Waals surface area contributed by atoms with E-state index in [9.17, 15) is 68.4 Å². The molecule has 0 fully saturated rings. The number of aliphatic carboxylic acids is 2. The van der Waals surface area contributed by atoms with Gasteiger partial charge in [-0.05, 0) is 194 Å². The van der Waals surface area contributed by atoms with E-state index in [0.29, 0.717) is 140 Å². The first-order valence-electron chi connectivity index (χ1n) is 55.3. The average Bonchev–Trinajstić information content (AvgIpc) is 0.891. The standard InChI is InChI=1S/C11H19ClO4.C11H25N.C9H21N.C9H16O3.C8H17ClO.C8H16O3.C8H14O2.C8H16.C7H17NO2S.C7H14O4S.C6H12BrCl.C6H15NO2S.C6H12O2.C5H10O2/c1-2-5-10(13)15-8-3-4-9-16-11(14)6-7-12;1-4-7-9-11-12(6-3)10-8-5-2;1-3-5-7-9-10-8-6-4-2;1-3-5-9(11)12-7-6-8(10)4-2;1-2-3-4-5-6-8(9)7-10;1-3-5-7-11-8(9)10-6-4-2;1-3-5-6-7-10-8(9)4-2;1-3-5-7-8-6-4-2;1-4-6-8(3)11(9,10)7-5-2;1-2-12(10,11)6-4-3-5-7(8)9;1-5(7)3-4-6(2)8;1-3-5-7-10(8,9)6-4-2;1-3-5-8-6(7)4-2;1-2-3-4-5(6)7/h2-9H2,1H3;4-11H2,1-3H3;10H,3-9H2,1-2H3;3-7H2,1-2H3;8,10H,2-7H2,1H3;3-7H2,1-2H3;4H,2-3,5-7H2,1H3;3H,1,4-8H2,2H3;4-7H2,1-3H3;2-6H2,1H3,(H,8,9);5-6H,3-4H2,1-2H3;7H,3-6H2,1-2H3;3-5H2,1-2H3;2-4H2,1H3,(H,6,7). The first-order valence-corrected chi connectivity index (χ1v) is 62.7. The van der Waals surface area contributed by atoms with Gasteiger partial charge in [-0.25, -0.2) is 43.9 Å². The van der Waals surface area contributed by atoms with Gasteiger partial charge in [0.15, 0.2) is 0 Å². The smallest absolute Gasteiger partial charge is 0.481 e. The lowest BCUT2D eigenvalue weighted by molar-refractivity contribution is -0.146. The van der Waals surface area contributed by atoms with Crippen LogP contribution in [0.15, 0.2) is 25.3 Å². The van der Waals surface area contributed by atoms with Gasteiger partial charge in [-0.2, -0.15) is 0 Å². The Morgan fingerprint density at radius 2 is 0.834 bits per heavy atom. The molecule has 0 radical (unpaired) electrons. The molecule has 0 aromatic heterocycles. The summed E-state index contributed by atoms with van der Waals surface area (Å²) in [5, 5.41) is 28.6. The molecule has 0 heterocycles. The van der Waals surface area contributed by atoms with Crippen LogP contribution in [0, 0.1) is 0 Å². The van der Waals surface area contributed by atoms with Crippen LogP contribution in [-0.2, 0) is 101 Å². The van der Waals surface area contributed by atoms with E-state index in [1.54, 1.807) is 27.8 Å². The SMILES string of the molecule is C=CC(=O)OCCCCC.C=CCCCCCC.CC(Cl)CCC(C)Br.CCCC(=O)OCCC(=O)CC.CCCC(=O)OCCCCOC(=O)CCCl.CCCCC(=O)O.CCCCCCC(Cl)CO.CCCCCN(CC)CCCC.CCCCCNCCCC.CCCCOC(=O)OCCC.CCCN(C)S(=O)(=O)CCC.CCCNS(=O)(=O)CCC.CCCOC(=O)CC.CCS(=O)(=O)CCCCC(=O)O. The van der Waals surface area contributed by atoms with E-state index in [4.69, 9.17) is 78.5 Å². The number of hydrogen-bond acceptors (Lipinski definition) is 25. The Kier molecular flexibility index (Phi) is 172. The molecule has 3 atom stereocenters. The Balaban J connectivity index is -0.000000107. The zero-order valence-electron chi connectivity index (χ0n) is 96.5. The zero-order valence-corrected chi connectivity index (χ0v) is 103. The van der Waals surface area contributed by atoms with Gasteiger partial charge in [-0.3, -0.25) is 33.6 Å². The van der Waals surface area contributed by atoms with Crippen molar-refractivity contribution in [2.45, 2.75) is 489 Å². The van der Waals surface area contributed by atoms with E-state index in [-0.39, 0.29) is 96.0 Å². The Bertz CT molecular complexity index is 3030. The molecular weight excluding hydrogens is 2050 g/mol. The number of aliphatic hydroxyl groups is 1. The van der Waals surface area contributed by atoms with Gasteiger partial charge in [-0.15, -0.1) is 41.4 Å². The van der Waals surface area contributed by atoms with Crippen LogP contribution in [0.2, 0.25) is 0 Å². The third kappa shape index (κ3) is 191. The molecule has 0 aliphatic rings. The van der Waals surface area contributed by atoms with Gasteiger partial charge in [0.2, 0.25) is 20.0 Å². The van der Waals surface area contributed by atoms with Gasteiger partial charge in [0, 0.05) is 93.0 Å². The second-order valence-corrected chi connectivity index (χ2v) is 43.9. The van der Waals surface area contributed by atoms with Crippen molar-refractivity contribution in [1.82, 2.24) is 19.2 Å². The molecule has 0 saturated heterocycles. The summed E-state index contributed by atoms with van der Waals surface area (Å²) in [6, 6.07) is 0. The summed E-state index contributed by atoms with van der Waals surface area (Å²) in [5.74, 6) is -1.46. The van der Waals surface area contributed by atoms with E-state index in [0.717, 1.165) is 103 Å². The molecule has 145 heavy (non-hydrogen) atoms. The van der Waals surface area contributed by atoms with E-state index >= 15 is 0 Å². The minimum atomic E-state index is -2.94. The molecule has 0 saturated carbocycles. The van der Waals surface area contributed by atoms with E-state index in [1.165, 1.54) is 165 Å². The van der Waals surface area contributed by atoms with E-state index in [1.807, 2.05) is 82.2 Å². The van der Waals surface area contributed by atoms with Gasteiger partial charge in [0.25, 0.3) is 0 Å². The first kappa shape index (κ1) is 171. The number of halogens is 4. The number of ketones is 1. The zero-order chi connectivity index (χ0) is 114. The Hall–Kier alpha value is -4.29. The molecule has 5 N–H and O–H groups in total. The third-order valence-corrected chi connectivity index (χ3v) is 25.6. The van der Waals surface area contributed by atoms with Crippen LogP contribution < -0.4 is 10.0 Å². The number of unbranched alkanes of at least 4 members (excludes halogenated alkanes) is 19. The molecule has 0 bridgehead atoms. The summed E-state index contributed by atoms with van der Waals surface area (Å²) in [6.45, 7) is 64.1. The first-order chi connectivity index (χ1) is 68.8. The quantitative estimate of drug-likeness (QED) is 0.00943. The van der Waals surface area contributed by atoms with Gasteiger partial charge in [-0.1, -0.05) is 290 Å². The largest absolute Gasteiger partial charge is 0.508 e. The molecule has 0 aliphatic heterocycles. The molecular formula is C109H224BrCl3N4O25S3. The molecule has 0 amide bonds. The van der Waals surface area contributed by atoms with Crippen LogP contribution in [0.25, 0.3) is 0 Å². The fourth-order valence-electron chi connectivity index (χ4n) is 10.1. The number of carbonyl (C=O) groups is 9. The number of sulfone groups is 1. The van der Waals surface area contributed by atoms with Crippen LogP contribution in [-0.4, -0.2) is 254 Å². The van der Waals surface area contributed by atoms with Crippen molar-refractivity contribution in [3.05, 3.63) is 25.3 Å². The second kappa shape index (κ2) is 146. The number of carbonyl (C=O) groups excluding carboxylic acids is 7. The summed E-state index contributed by atoms with van der Waals surface area (Å²) < 4.78 is 103. The Labute approximate surface area is 913 Å². The second-order valence-electron chi connectivity index (χ2n) is 34.0. The minimum absolute atomic E-state index is 0.0168. The molecule has 36 heteroatoms. The highest BCUT2D eigenvalue weighted by Gasteiger charge is 2.15. The Morgan fingerprint density at radius 1 is 0.393 bits per heavy atom. The van der Waals surface area contributed by atoms with Crippen LogP contribution in [0.1, 0.15) is 474 Å². The molecule has 0 aromatic rings. The van der Waals surface area contributed by atoms with Crippen LogP contribution in [0.5, 0.6) is 0 Å². The molecule has 0 rings (SSSR count). The van der Waals surface area contributed by atoms with E-state index < -0.39 is 48.0 Å². The fraction of sp³-hybridized carbons (Fsp3) is 0.881. The maximum atomic E-state index is 11.2. The van der Waals surface area contributed by atoms with E-state index in [2.05, 4.69) is 111 Å². The average molecular weight is 2270 g/mol. The summed E-state index contributed by atoms with van der Waals surface area (Å²) in [7, 11) is -7.16. The highest BCUT2D eigenvalue weighted by molar-refractivity contribution is 9.09. The number of nitrogens with one attached hydrogen (secondary N) is 2. The number of alkyl halides is 4. The van der Waals surface area contributed by atoms with Crippen molar-refractivity contribution in [2.75, 3.05) is 135 Å². The van der Waals surface area contributed by atoms with Crippen LogP contribution >= 0.6 is 50.7 Å². The molecule has 29 nitrogen and oxygen atoms in total.